The lowest BCUT2D eigenvalue weighted by Gasteiger charge is -2.09. The van der Waals surface area contributed by atoms with Gasteiger partial charge in [0.25, 0.3) is 0 Å². The van der Waals surface area contributed by atoms with Crippen LogP contribution in [0.3, 0.4) is 0 Å². The van der Waals surface area contributed by atoms with E-state index in [0.29, 0.717) is 19.4 Å². The molecule has 0 aromatic heterocycles. The first kappa shape index (κ1) is 21.0. The Bertz CT molecular complexity index is 361. The van der Waals surface area contributed by atoms with Gasteiger partial charge in [0.15, 0.2) is 5.41 Å². The van der Waals surface area contributed by atoms with Gasteiger partial charge < -0.3 is 9.84 Å². The fourth-order valence-electron chi connectivity index (χ4n) is 3.05. The van der Waals surface area contributed by atoms with Crippen molar-refractivity contribution in [3.8, 4) is 0 Å². The van der Waals surface area contributed by atoms with E-state index in [4.69, 9.17) is 9.84 Å². The number of unbranched alkanes of at least 4 members (excludes halogenated alkanes) is 12. The molecule has 0 aromatic carbocycles. The molecule has 4 heteroatoms. The van der Waals surface area contributed by atoms with E-state index >= 15 is 0 Å². The molecule has 1 fully saturated rings. The Kier molecular flexibility index (Phi) is 10.8. The van der Waals surface area contributed by atoms with Gasteiger partial charge in [0.05, 0.1) is 6.61 Å². The van der Waals surface area contributed by atoms with Gasteiger partial charge in [-0.1, -0.05) is 84.0 Å². The smallest absolute Gasteiger partial charge is 0.323 e. The molecule has 0 atom stereocenters. The minimum atomic E-state index is -1.20. The zero-order chi connectivity index (χ0) is 17.7. The number of rotatable bonds is 16. The first-order valence-corrected chi connectivity index (χ1v) is 10.0. The maximum Gasteiger partial charge on any atom is 0.323 e. The molecule has 0 aliphatic heterocycles. The molecule has 1 rings (SSSR count). The Morgan fingerprint density at radius 1 is 0.792 bits per heavy atom. The van der Waals surface area contributed by atoms with E-state index < -0.39 is 17.4 Å². The molecule has 0 amide bonds. The highest BCUT2D eigenvalue weighted by molar-refractivity contribution is 6.02. The van der Waals surface area contributed by atoms with Gasteiger partial charge >= 0.3 is 11.9 Å². The van der Waals surface area contributed by atoms with Crippen molar-refractivity contribution in [2.75, 3.05) is 6.61 Å². The first-order valence-electron chi connectivity index (χ1n) is 10.0. The third-order valence-electron chi connectivity index (χ3n) is 5.03. The van der Waals surface area contributed by atoms with Crippen LogP contribution < -0.4 is 0 Å². The van der Waals surface area contributed by atoms with Gasteiger partial charge in [0, 0.05) is 0 Å². The quantitative estimate of drug-likeness (QED) is 0.229. The second kappa shape index (κ2) is 12.3. The SMILES string of the molecule is CCCCCCCCCCCCCCCOC(=O)C1(C(=O)O)CC1. The van der Waals surface area contributed by atoms with Crippen molar-refractivity contribution >= 4 is 11.9 Å². The molecular weight excluding hydrogens is 304 g/mol. The Hall–Kier alpha value is -1.06. The average molecular weight is 341 g/mol. The number of carbonyl (C=O) groups is 2. The highest BCUT2D eigenvalue weighted by atomic mass is 16.5. The van der Waals surface area contributed by atoms with E-state index in [1.807, 2.05) is 0 Å². The average Bonchev–Trinajstić information content (AvgIpc) is 3.37. The summed E-state index contributed by atoms with van der Waals surface area (Å²) in [5.74, 6) is -1.56. The third-order valence-corrected chi connectivity index (χ3v) is 5.03. The molecule has 0 spiro atoms. The van der Waals surface area contributed by atoms with Crippen LogP contribution in [0.4, 0.5) is 0 Å². The topological polar surface area (TPSA) is 63.6 Å². The Labute approximate surface area is 147 Å². The summed E-state index contributed by atoms with van der Waals surface area (Å²) in [4.78, 5) is 22.7. The van der Waals surface area contributed by atoms with Crippen LogP contribution in [0.2, 0.25) is 0 Å². The predicted octanol–water partition coefficient (Wildman–Crippen LogP) is 5.49. The number of aliphatic carboxylic acids is 1. The maximum absolute atomic E-state index is 11.7. The van der Waals surface area contributed by atoms with Crippen LogP contribution >= 0.6 is 0 Å². The van der Waals surface area contributed by atoms with Gasteiger partial charge in [-0.2, -0.15) is 0 Å². The van der Waals surface area contributed by atoms with Gasteiger partial charge in [-0.15, -0.1) is 0 Å². The van der Waals surface area contributed by atoms with Crippen LogP contribution in [0, 0.1) is 5.41 Å². The van der Waals surface area contributed by atoms with E-state index in [0.717, 1.165) is 12.8 Å². The largest absolute Gasteiger partial charge is 0.480 e. The number of carboxylic acid groups (broad SMARTS) is 1. The highest BCUT2D eigenvalue weighted by Crippen LogP contribution is 2.47. The monoisotopic (exact) mass is 340 g/mol. The number of hydrogen-bond donors (Lipinski definition) is 1. The van der Waals surface area contributed by atoms with Crippen molar-refractivity contribution in [1.29, 1.82) is 0 Å². The van der Waals surface area contributed by atoms with Crippen molar-refractivity contribution in [2.24, 2.45) is 5.41 Å². The second-order valence-electron chi connectivity index (χ2n) is 7.27. The first-order chi connectivity index (χ1) is 11.6. The number of carbonyl (C=O) groups excluding carboxylic acids is 1. The summed E-state index contributed by atoms with van der Waals surface area (Å²) in [6, 6.07) is 0. The standard InChI is InChI=1S/C20H36O4/c1-2-3-4-5-6-7-8-9-10-11-12-13-14-17-24-19(23)20(15-16-20)18(21)22/h2-17H2,1H3,(H,21,22). The van der Waals surface area contributed by atoms with Crippen LogP contribution in [0.1, 0.15) is 103 Å². The number of carboxylic acids is 1. The fraction of sp³-hybridized carbons (Fsp3) is 0.900. The van der Waals surface area contributed by atoms with Crippen LogP contribution in [-0.2, 0) is 14.3 Å². The molecule has 1 saturated carbocycles. The van der Waals surface area contributed by atoms with Crippen LogP contribution in [-0.4, -0.2) is 23.7 Å². The van der Waals surface area contributed by atoms with Crippen LogP contribution in [0.5, 0.6) is 0 Å². The lowest BCUT2D eigenvalue weighted by molar-refractivity contribution is -0.161. The molecule has 140 valence electrons. The predicted molar refractivity (Wildman–Crippen MR) is 96.0 cm³/mol. The molecule has 0 unspecified atom stereocenters. The Morgan fingerprint density at radius 2 is 1.21 bits per heavy atom. The lowest BCUT2D eigenvalue weighted by atomic mass is 10.0. The molecule has 0 heterocycles. The van der Waals surface area contributed by atoms with Gasteiger partial charge in [-0.05, 0) is 19.3 Å². The Balaban J connectivity index is 1.80. The molecule has 1 aliphatic rings. The molecule has 0 aromatic rings. The summed E-state index contributed by atoms with van der Waals surface area (Å²) in [6.07, 6.45) is 17.5. The number of ether oxygens (including phenoxy) is 1. The Morgan fingerprint density at radius 3 is 1.58 bits per heavy atom. The fourth-order valence-corrected chi connectivity index (χ4v) is 3.05. The molecule has 0 saturated heterocycles. The number of esters is 1. The minimum absolute atomic E-state index is 0.367. The summed E-state index contributed by atoms with van der Waals surface area (Å²) in [7, 11) is 0. The minimum Gasteiger partial charge on any atom is -0.480 e. The molecule has 4 nitrogen and oxygen atoms in total. The summed E-state index contributed by atoms with van der Waals surface area (Å²) >= 11 is 0. The molecule has 1 N–H and O–H groups in total. The van der Waals surface area contributed by atoms with Gasteiger partial charge in [-0.25, -0.2) is 0 Å². The van der Waals surface area contributed by atoms with Crippen molar-refractivity contribution in [3.63, 3.8) is 0 Å². The maximum atomic E-state index is 11.7. The van der Waals surface area contributed by atoms with E-state index in [2.05, 4.69) is 6.92 Å². The van der Waals surface area contributed by atoms with E-state index in [1.54, 1.807) is 0 Å². The lowest BCUT2D eigenvalue weighted by Crippen LogP contribution is -2.27. The van der Waals surface area contributed by atoms with Gasteiger partial charge in [-0.3, -0.25) is 9.59 Å². The summed E-state index contributed by atoms with van der Waals surface area (Å²) in [5, 5.41) is 8.99. The molecule has 1 aliphatic carbocycles. The van der Waals surface area contributed by atoms with Crippen molar-refractivity contribution in [1.82, 2.24) is 0 Å². The summed E-state index contributed by atoms with van der Waals surface area (Å²) in [5.41, 5.74) is -1.20. The second-order valence-corrected chi connectivity index (χ2v) is 7.27. The normalized spacial score (nSPS) is 15.2. The van der Waals surface area contributed by atoms with Crippen LogP contribution in [0.15, 0.2) is 0 Å². The van der Waals surface area contributed by atoms with Crippen molar-refractivity contribution in [3.05, 3.63) is 0 Å². The van der Waals surface area contributed by atoms with Gasteiger partial charge in [0.2, 0.25) is 0 Å². The molecular formula is C20H36O4. The highest BCUT2D eigenvalue weighted by Gasteiger charge is 2.58. The zero-order valence-electron chi connectivity index (χ0n) is 15.5. The van der Waals surface area contributed by atoms with Crippen molar-refractivity contribution < 1.29 is 19.4 Å². The third kappa shape index (κ3) is 8.16. The summed E-state index contributed by atoms with van der Waals surface area (Å²) in [6.45, 7) is 2.62. The van der Waals surface area contributed by atoms with Gasteiger partial charge in [0.1, 0.15) is 0 Å². The van der Waals surface area contributed by atoms with E-state index in [9.17, 15) is 9.59 Å². The molecule has 0 bridgehead atoms. The molecule has 24 heavy (non-hydrogen) atoms. The molecule has 0 radical (unpaired) electrons. The van der Waals surface area contributed by atoms with Crippen LogP contribution in [0.25, 0.3) is 0 Å². The summed E-state index contributed by atoms with van der Waals surface area (Å²) < 4.78 is 5.11. The van der Waals surface area contributed by atoms with E-state index in [1.165, 1.54) is 70.6 Å². The van der Waals surface area contributed by atoms with Crippen molar-refractivity contribution in [2.45, 2.75) is 103 Å². The van der Waals surface area contributed by atoms with E-state index in [-0.39, 0.29) is 0 Å². The zero-order valence-corrected chi connectivity index (χ0v) is 15.5. The number of hydrogen-bond acceptors (Lipinski definition) is 3.